The minimum Gasteiger partial charge on any atom is -0.494 e. The maximum Gasteiger partial charge on any atom is 0.229 e. The molecule has 0 bridgehead atoms. The second kappa shape index (κ2) is 15.3. The summed E-state index contributed by atoms with van der Waals surface area (Å²) >= 11 is 3.66. The van der Waals surface area contributed by atoms with Gasteiger partial charge in [0.2, 0.25) is 5.95 Å². The minimum atomic E-state index is -1.63. The van der Waals surface area contributed by atoms with Crippen LogP contribution in [0.5, 0.6) is 5.75 Å². The van der Waals surface area contributed by atoms with E-state index in [1.807, 2.05) is 6.07 Å². The van der Waals surface area contributed by atoms with E-state index in [1.54, 1.807) is 25.7 Å². The summed E-state index contributed by atoms with van der Waals surface area (Å²) in [6.45, 7) is 17.9. The molecule has 0 unspecified atom stereocenters. The highest BCUT2D eigenvalue weighted by Crippen LogP contribution is 2.38. The number of hydrogen-bond acceptors (Lipinski definition) is 10. The maximum absolute atomic E-state index is 5.98. The van der Waals surface area contributed by atoms with E-state index in [0.717, 1.165) is 101 Å². The third-order valence-electron chi connectivity index (χ3n) is 9.05. The number of piperidine rings is 1. The summed E-state index contributed by atoms with van der Waals surface area (Å²) in [6.07, 6.45) is 7.54. The number of rotatable bonds is 8. The van der Waals surface area contributed by atoms with Crippen LogP contribution in [0.15, 0.2) is 47.3 Å². The molecule has 2 fully saturated rings. The number of ether oxygens (including phenoxy) is 1. The molecule has 0 aliphatic carbocycles. The van der Waals surface area contributed by atoms with Crippen LogP contribution in [0, 0.1) is 11.5 Å². The van der Waals surface area contributed by atoms with Crippen molar-refractivity contribution in [3.8, 4) is 17.2 Å². The van der Waals surface area contributed by atoms with Crippen molar-refractivity contribution >= 4 is 77.1 Å². The highest BCUT2D eigenvalue weighted by molar-refractivity contribution is 9.10. The first-order chi connectivity index (χ1) is 23.5. The van der Waals surface area contributed by atoms with Crippen molar-refractivity contribution in [2.24, 2.45) is 0 Å². The van der Waals surface area contributed by atoms with Crippen molar-refractivity contribution in [2.75, 3.05) is 82.3 Å². The van der Waals surface area contributed by atoms with Crippen molar-refractivity contribution in [3.05, 3.63) is 52.9 Å². The number of hydrogen-bond donors (Lipinski definition) is 2. The molecule has 2 aromatic carbocycles. The Kier molecular flexibility index (Phi) is 11.1. The van der Waals surface area contributed by atoms with E-state index in [-0.39, 0.29) is 0 Å². The van der Waals surface area contributed by atoms with Gasteiger partial charge >= 0.3 is 0 Å². The van der Waals surface area contributed by atoms with Crippen LogP contribution in [0.3, 0.4) is 0 Å². The molecule has 6 rings (SSSR count). The molecule has 49 heavy (non-hydrogen) atoms. The molecule has 2 aromatic heterocycles. The number of nitrogens with one attached hydrogen (secondary N) is 2. The molecule has 4 heterocycles. The van der Waals surface area contributed by atoms with Gasteiger partial charge in [-0.05, 0) is 67.3 Å². The van der Waals surface area contributed by atoms with E-state index in [1.165, 1.54) is 0 Å². The number of fused-ring (bicyclic) bond motifs is 1. The molecule has 10 nitrogen and oxygen atoms in total. The largest absolute Gasteiger partial charge is 0.494 e. The Morgan fingerprint density at radius 3 is 2.37 bits per heavy atom. The predicted molar refractivity (Wildman–Crippen MR) is 212 cm³/mol. The molecule has 2 aliphatic heterocycles. The normalized spacial score (nSPS) is 16.5. The van der Waals surface area contributed by atoms with Gasteiger partial charge < -0.3 is 25.2 Å². The van der Waals surface area contributed by atoms with Crippen LogP contribution in [0.25, 0.3) is 11.0 Å². The second-order valence-electron chi connectivity index (χ2n) is 14.0. The molecule has 0 saturated carbocycles. The Bertz CT molecular complexity index is 1860. The highest BCUT2D eigenvalue weighted by atomic mass is 79.9. The highest BCUT2D eigenvalue weighted by Gasteiger charge is 2.28. The summed E-state index contributed by atoms with van der Waals surface area (Å²) in [6, 6.07) is 8.93. The van der Waals surface area contributed by atoms with Crippen molar-refractivity contribution < 1.29 is 4.74 Å². The van der Waals surface area contributed by atoms with Crippen molar-refractivity contribution in [1.29, 1.82) is 0 Å². The molecule has 2 aliphatic rings. The number of halogens is 1. The number of benzene rings is 2. The fourth-order valence-electron chi connectivity index (χ4n) is 6.45. The third-order valence-corrected chi connectivity index (χ3v) is 11.9. The lowest BCUT2D eigenvalue weighted by Crippen LogP contribution is -2.52. The average molecular weight is 761 g/mol. The molecule has 0 radical (unpaired) electrons. The van der Waals surface area contributed by atoms with Gasteiger partial charge in [0.1, 0.15) is 19.6 Å². The lowest BCUT2D eigenvalue weighted by molar-refractivity contribution is 0.0982. The van der Waals surface area contributed by atoms with E-state index in [4.69, 9.17) is 9.72 Å². The van der Waals surface area contributed by atoms with E-state index < -0.39 is 16.0 Å². The average Bonchev–Trinajstić information content (AvgIpc) is 3.08. The molecule has 258 valence electrons. The van der Waals surface area contributed by atoms with Gasteiger partial charge in [0.15, 0.2) is 0 Å². The third kappa shape index (κ3) is 8.52. The fourth-order valence-corrected chi connectivity index (χ4v) is 8.46. The summed E-state index contributed by atoms with van der Waals surface area (Å²) < 4.78 is 6.73. The van der Waals surface area contributed by atoms with Crippen molar-refractivity contribution in [3.63, 3.8) is 0 Å². The van der Waals surface area contributed by atoms with Crippen molar-refractivity contribution in [2.45, 2.75) is 38.5 Å². The number of nitrogens with zero attached hydrogens (tertiary/aromatic N) is 7. The van der Waals surface area contributed by atoms with Gasteiger partial charge in [0.25, 0.3) is 0 Å². The van der Waals surface area contributed by atoms with Crippen LogP contribution in [0.4, 0.5) is 28.8 Å². The first-order valence-electron chi connectivity index (χ1n) is 16.9. The Morgan fingerprint density at radius 1 is 0.939 bits per heavy atom. The predicted octanol–water partition coefficient (Wildman–Crippen LogP) is 6.49. The molecule has 4 aromatic rings. The molecular formula is C36H47BrN9OPSi. The fraction of sp³-hybridized carbons (Fsp3) is 0.444. The number of anilines is 5. The SMILES string of the molecule is COc1cc(N2CCC(N3CCN(C)CC3)CC2)c(C#C[Si](C)(C)C)cc1Nc1ncc(Br)c(Nc2ccc3nccnc3c2P(C)C)n1. The summed E-state index contributed by atoms with van der Waals surface area (Å²) in [5.74, 6) is 5.41. The van der Waals surface area contributed by atoms with Gasteiger partial charge in [0, 0.05) is 86.5 Å². The first-order valence-corrected chi connectivity index (χ1v) is 23.4. The van der Waals surface area contributed by atoms with Gasteiger partial charge in [0.05, 0.1) is 34.0 Å². The topological polar surface area (TPSA) is 94.6 Å². The monoisotopic (exact) mass is 759 g/mol. The van der Waals surface area contributed by atoms with Crippen LogP contribution < -0.4 is 25.6 Å². The maximum atomic E-state index is 5.98. The van der Waals surface area contributed by atoms with Crippen LogP contribution in [-0.2, 0) is 0 Å². The summed E-state index contributed by atoms with van der Waals surface area (Å²) in [7, 11) is 1.82. The summed E-state index contributed by atoms with van der Waals surface area (Å²) in [5, 5.41) is 8.15. The molecular weight excluding hydrogens is 713 g/mol. The van der Waals surface area contributed by atoms with Crippen LogP contribution in [0.2, 0.25) is 19.6 Å². The van der Waals surface area contributed by atoms with E-state index >= 15 is 0 Å². The zero-order valence-corrected chi connectivity index (χ0v) is 33.1. The quantitative estimate of drug-likeness (QED) is 0.118. The second-order valence-corrected chi connectivity index (χ2v) is 21.9. The van der Waals surface area contributed by atoms with E-state index in [0.29, 0.717) is 17.8 Å². The molecule has 13 heteroatoms. The minimum absolute atomic E-state index is 0.450. The Morgan fingerprint density at radius 2 is 1.67 bits per heavy atom. The lowest BCUT2D eigenvalue weighted by atomic mass is 10.00. The smallest absolute Gasteiger partial charge is 0.229 e. The molecule has 0 atom stereocenters. The molecule has 2 saturated heterocycles. The number of piperazine rings is 1. The van der Waals surface area contributed by atoms with Gasteiger partial charge in [-0.2, -0.15) is 4.98 Å². The van der Waals surface area contributed by atoms with Gasteiger partial charge in [-0.1, -0.05) is 33.5 Å². The Balaban J connectivity index is 1.28. The van der Waals surface area contributed by atoms with Crippen LogP contribution in [0.1, 0.15) is 18.4 Å². The Hall–Kier alpha value is -3.33. The molecule has 0 spiro atoms. The van der Waals surface area contributed by atoms with Crippen LogP contribution >= 0.6 is 23.9 Å². The number of methoxy groups -OCH3 is 1. The van der Waals surface area contributed by atoms with Crippen LogP contribution in [-0.4, -0.2) is 111 Å². The molecule has 0 amide bonds. The van der Waals surface area contributed by atoms with Gasteiger partial charge in [-0.15, -0.1) is 5.54 Å². The van der Waals surface area contributed by atoms with E-state index in [2.05, 4.69) is 126 Å². The molecule has 2 N–H and O–H groups in total. The summed E-state index contributed by atoms with van der Waals surface area (Å²) in [4.78, 5) is 26.3. The Labute approximate surface area is 301 Å². The zero-order chi connectivity index (χ0) is 34.7. The number of aromatic nitrogens is 4. The van der Waals surface area contributed by atoms with Crippen molar-refractivity contribution in [1.82, 2.24) is 29.7 Å². The van der Waals surface area contributed by atoms with E-state index in [9.17, 15) is 0 Å². The van der Waals surface area contributed by atoms with Gasteiger partial charge in [-0.3, -0.25) is 14.9 Å². The number of likely N-dealkylation sites (N-methyl/N-ethyl adjacent to an activating group) is 1. The zero-order valence-electron chi connectivity index (χ0n) is 29.6. The standard InChI is InChI=1S/C36H47BrN9OPSi/c1-44-17-19-45(20-18-44)26-10-15-46(16-11-26)31-23-32(47-2)30(22-25(31)12-21-49(5,6)7)42-36-40-24-27(37)35(43-36)41-29-9-8-28-33(34(29)48(3)4)39-14-13-38-28/h8-9,13-14,22-24,26H,10-11,15-20H2,1-7H3,(H2,40,41,42,43). The van der Waals surface area contributed by atoms with Gasteiger partial charge in [-0.25, -0.2) is 4.98 Å². The lowest BCUT2D eigenvalue weighted by Gasteiger charge is -2.42. The summed E-state index contributed by atoms with van der Waals surface area (Å²) in [5.41, 5.74) is 9.26. The first kappa shape index (κ1) is 35.5.